The van der Waals surface area contributed by atoms with Crippen molar-refractivity contribution in [2.45, 2.75) is 31.0 Å². The maximum atomic E-state index is 6.21. The quantitative estimate of drug-likeness (QED) is 0.749. The van der Waals surface area contributed by atoms with Crippen LogP contribution in [0.4, 0.5) is 0 Å². The Kier molecular flexibility index (Phi) is 5.96. The Morgan fingerprint density at radius 1 is 1.10 bits per heavy atom. The number of nitrogens with one attached hydrogen (secondary N) is 1. The highest BCUT2D eigenvalue weighted by atomic mass is 35.5. The summed E-state index contributed by atoms with van der Waals surface area (Å²) in [6.45, 7) is 6.18. The van der Waals surface area contributed by atoms with Crippen LogP contribution in [-0.4, -0.2) is 6.54 Å². The van der Waals surface area contributed by atoms with Crippen LogP contribution >= 0.6 is 23.4 Å². The van der Waals surface area contributed by atoms with Crippen LogP contribution in [-0.2, 0) is 12.3 Å². The minimum absolute atomic E-state index is 0.848. The average Bonchev–Trinajstić information content (AvgIpc) is 2.45. The summed E-state index contributed by atoms with van der Waals surface area (Å²) in [4.78, 5) is 1.33. The van der Waals surface area contributed by atoms with Crippen LogP contribution in [0.2, 0.25) is 5.02 Å². The van der Waals surface area contributed by atoms with E-state index in [9.17, 15) is 0 Å². The number of aryl methyl sites for hydroxylation is 1. The Bertz CT molecular complexity index is 569. The summed E-state index contributed by atoms with van der Waals surface area (Å²) >= 11 is 8.06. The molecule has 0 aliphatic heterocycles. The standard InChI is InChI=1S/C17H20ClNS/c1-3-19-11-15-10-13(2)8-9-17(15)20-12-14-6-4-5-7-16(14)18/h4-10,19H,3,11-12H2,1-2H3. The van der Waals surface area contributed by atoms with Gasteiger partial charge in [0.2, 0.25) is 0 Å². The summed E-state index contributed by atoms with van der Waals surface area (Å²) in [6.07, 6.45) is 0. The first-order valence-electron chi connectivity index (χ1n) is 6.87. The van der Waals surface area contributed by atoms with E-state index in [1.807, 2.05) is 30.0 Å². The van der Waals surface area contributed by atoms with Crippen LogP contribution in [0.15, 0.2) is 47.4 Å². The van der Waals surface area contributed by atoms with Crippen LogP contribution in [0, 0.1) is 6.92 Å². The van der Waals surface area contributed by atoms with Crippen molar-refractivity contribution in [3.05, 3.63) is 64.2 Å². The van der Waals surface area contributed by atoms with Crippen molar-refractivity contribution < 1.29 is 0 Å². The molecule has 0 fully saturated rings. The summed E-state index contributed by atoms with van der Waals surface area (Å²) in [7, 11) is 0. The number of thioether (sulfide) groups is 1. The molecule has 2 aromatic carbocycles. The molecule has 2 rings (SSSR count). The number of rotatable bonds is 6. The van der Waals surface area contributed by atoms with Crippen molar-refractivity contribution in [2.75, 3.05) is 6.54 Å². The second-order valence-electron chi connectivity index (χ2n) is 4.77. The highest BCUT2D eigenvalue weighted by Crippen LogP contribution is 2.29. The van der Waals surface area contributed by atoms with Gasteiger partial charge in [-0.15, -0.1) is 11.8 Å². The molecule has 0 aliphatic rings. The Morgan fingerprint density at radius 2 is 1.90 bits per heavy atom. The van der Waals surface area contributed by atoms with E-state index in [4.69, 9.17) is 11.6 Å². The smallest absolute Gasteiger partial charge is 0.0446 e. The Hall–Kier alpha value is -0.960. The summed E-state index contributed by atoms with van der Waals surface area (Å²) < 4.78 is 0. The molecule has 2 aromatic rings. The van der Waals surface area contributed by atoms with E-state index in [2.05, 4.69) is 43.4 Å². The fourth-order valence-corrected chi connectivity index (χ4v) is 3.34. The van der Waals surface area contributed by atoms with Crippen LogP contribution in [0.5, 0.6) is 0 Å². The average molecular weight is 306 g/mol. The molecule has 1 N–H and O–H groups in total. The lowest BCUT2D eigenvalue weighted by atomic mass is 10.1. The zero-order chi connectivity index (χ0) is 14.4. The maximum Gasteiger partial charge on any atom is 0.0446 e. The van der Waals surface area contributed by atoms with Crippen LogP contribution in [0.1, 0.15) is 23.6 Å². The van der Waals surface area contributed by atoms with Crippen molar-refractivity contribution in [3.63, 3.8) is 0 Å². The molecule has 3 heteroatoms. The first kappa shape index (κ1) is 15.4. The molecule has 0 saturated carbocycles. The third-order valence-electron chi connectivity index (χ3n) is 3.12. The highest BCUT2D eigenvalue weighted by molar-refractivity contribution is 7.98. The van der Waals surface area contributed by atoms with E-state index in [1.54, 1.807) is 0 Å². The molecule has 20 heavy (non-hydrogen) atoms. The van der Waals surface area contributed by atoms with Gasteiger partial charge in [0.25, 0.3) is 0 Å². The molecule has 0 radical (unpaired) electrons. The van der Waals surface area contributed by atoms with Gasteiger partial charge >= 0.3 is 0 Å². The van der Waals surface area contributed by atoms with Gasteiger partial charge in [-0.25, -0.2) is 0 Å². The van der Waals surface area contributed by atoms with E-state index in [1.165, 1.54) is 21.6 Å². The fourth-order valence-electron chi connectivity index (χ4n) is 2.02. The molecule has 0 amide bonds. The Balaban J connectivity index is 2.10. The lowest BCUT2D eigenvalue weighted by Gasteiger charge is -2.11. The first-order valence-corrected chi connectivity index (χ1v) is 8.23. The molecule has 106 valence electrons. The number of benzene rings is 2. The topological polar surface area (TPSA) is 12.0 Å². The summed E-state index contributed by atoms with van der Waals surface area (Å²) in [5, 5.41) is 4.25. The first-order chi connectivity index (χ1) is 9.70. The molecule has 0 aromatic heterocycles. The summed E-state index contributed by atoms with van der Waals surface area (Å²) in [5.74, 6) is 0.905. The van der Waals surface area contributed by atoms with Crippen LogP contribution in [0.25, 0.3) is 0 Å². The van der Waals surface area contributed by atoms with Crippen molar-refractivity contribution in [3.8, 4) is 0 Å². The third kappa shape index (κ3) is 4.27. The molecule has 0 aliphatic carbocycles. The van der Waals surface area contributed by atoms with Gasteiger partial charge in [-0.1, -0.05) is 54.4 Å². The van der Waals surface area contributed by atoms with E-state index >= 15 is 0 Å². The molecule has 0 atom stereocenters. The van der Waals surface area contributed by atoms with E-state index in [0.717, 1.165) is 23.9 Å². The van der Waals surface area contributed by atoms with Gasteiger partial charge in [0.1, 0.15) is 0 Å². The summed E-state index contributed by atoms with van der Waals surface area (Å²) in [5.41, 5.74) is 3.86. The van der Waals surface area contributed by atoms with Gasteiger partial charge in [0, 0.05) is 22.2 Å². The van der Waals surface area contributed by atoms with Crippen molar-refractivity contribution in [1.29, 1.82) is 0 Å². The molecule has 1 nitrogen and oxygen atoms in total. The summed E-state index contributed by atoms with van der Waals surface area (Å²) in [6, 6.07) is 14.7. The molecule has 0 saturated heterocycles. The van der Waals surface area contributed by atoms with E-state index < -0.39 is 0 Å². The SMILES string of the molecule is CCNCc1cc(C)ccc1SCc1ccccc1Cl. The molecule has 0 spiro atoms. The molecule has 0 bridgehead atoms. The van der Waals surface area contributed by atoms with E-state index in [-0.39, 0.29) is 0 Å². The van der Waals surface area contributed by atoms with Crippen molar-refractivity contribution in [2.24, 2.45) is 0 Å². The molecule has 0 unspecified atom stereocenters. The molecular weight excluding hydrogens is 286 g/mol. The van der Waals surface area contributed by atoms with Gasteiger partial charge < -0.3 is 5.32 Å². The molecular formula is C17H20ClNS. The fraction of sp³-hybridized carbons (Fsp3) is 0.294. The Labute approximate surface area is 130 Å². The number of halogens is 1. The monoisotopic (exact) mass is 305 g/mol. The van der Waals surface area contributed by atoms with Crippen molar-refractivity contribution in [1.82, 2.24) is 5.32 Å². The van der Waals surface area contributed by atoms with Crippen LogP contribution in [0.3, 0.4) is 0 Å². The zero-order valence-corrected chi connectivity index (χ0v) is 13.5. The number of hydrogen-bond donors (Lipinski definition) is 1. The van der Waals surface area contributed by atoms with Crippen LogP contribution < -0.4 is 5.32 Å². The normalized spacial score (nSPS) is 10.8. The van der Waals surface area contributed by atoms with Gasteiger partial charge in [-0.3, -0.25) is 0 Å². The zero-order valence-electron chi connectivity index (χ0n) is 11.9. The third-order valence-corrected chi connectivity index (χ3v) is 4.66. The lowest BCUT2D eigenvalue weighted by Crippen LogP contribution is -2.12. The number of hydrogen-bond acceptors (Lipinski definition) is 2. The minimum Gasteiger partial charge on any atom is -0.313 e. The van der Waals surface area contributed by atoms with E-state index in [0.29, 0.717) is 0 Å². The van der Waals surface area contributed by atoms with Gasteiger partial charge in [0.05, 0.1) is 0 Å². The van der Waals surface area contributed by atoms with Gasteiger partial charge in [0.15, 0.2) is 0 Å². The second-order valence-corrected chi connectivity index (χ2v) is 6.20. The predicted octanol–water partition coefficient (Wildman–Crippen LogP) is 5.05. The Morgan fingerprint density at radius 3 is 2.65 bits per heavy atom. The lowest BCUT2D eigenvalue weighted by molar-refractivity contribution is 0.717. The highest BCUT2D eigenvalue weighted by Gasteiger charge is 2.05. The predicted molar refractivity (Wildman–Crippen MR) is 89.6 cm³/mol. The largest absolute Gasteiger partial charge is 0.313 e. The van der Waals surface area contributed by atoms with Gasteiger partial charge in [-0.05, 0) is 36.7 Å². The molecule has 0 heterocycles. The van der Waals surface area contributed by atoms with Gasteiger partial charge in [-0.2, -0.15) is 0 Å². The van der Waals surface area contributed by atoms with Crippen molar-refractivity contribution >= 4 is 23.4 Å². The maximum absolute atomic E-state index is 6.21. The minimum atomic E-state index is 0.848. The second kappa shape index (κ2) is 7.72.